The number of rotatable bonds is 3. The third kappa shape index (κ3) is 4.77. The van der Waals surface area contributed by atoms with Gasteiger partial charge >= 0.3 is 12.4 Å². The number of likely N-dealkylation sites (tertiary alicyclic amines) is 1. The van der Waals surface area contributed by atoms with Gasteiger partial charge in [0.25, 0.3) is 0 Å². The highest BCUT2D eigenvalue weighted by molar-refractivity contribution is 5.93. The summed E-state index contributed by atoms with van der Waals surface area (Å²) in [6.45, 7) is 0.702. The number of carbonyl (C=O) groups is 2. The van der Waals surface area contributed by atoms with Crippen LogP contribution in [0.15, 0.2) is 18.2 Å². The van der Waals surface area contributed by atoms with Gasteiger partial charge in [0, 0.05) is 30.6 Å². The molecule has 1 aliphatic heterocycles. The summed E-state index contributed by atoms with van der Waals surface area (Å²) in [7, 11) is 0. The zero-order valence-corrected chi connectivity index (χ0v) is 14.7. The van der Waals surface area contributed by atoms with Crippen molar-refractivity contribution in [1.29, 1.82) is 0 Å². The topological polar surface area (TPSA) is 49.4 Å². The average Bonchev–Trinajstić information content (AvgIpc) is 3.44. The molecule has 3 rings (SSSR count). The summed E-state index contributed by atoms with van der Waals surface area (Å²) in [6.07, 6.45) is -7.61. The van der Waals surface area contributed by atoms with Crippen molar-refractivity contribution < 1.29 is 35.9 Å². The first-order valence-electron chi connectivity index (χ1n) is 8.84. The molecule has 0 atom stereocenters. The van der Waals surface area contributed by atoms with E-state index in [0.717, 1.165) is 12.8 Å². The van der Waals surface area contributed by atoms with Gasteiger partial charge in [-0.2, -0.15) is 26.3 Å². The number of nitrogens with one attached hydrogen (secondary N) is 1. The molecule has 1 heterocycles. The number of anilines is 1. The van der Waals surface area contributed by atoms with Crippen molar-refractivity contribution in [2.24, 2.45) is 11.8 Å². The number of hydrogen-bond acceptors (Lipinski definition) is 2. The Kier molecular flexibility index (Phi) is 5.33. The number of nitrogens with zero attached hydrogens (tertiary/aromatic N) is 1. The molecule has 0 radical (unpaired) electrons. The van der Waals surface area contributed by atoms with Crippen LogP contribution in [0.2, 0.25) is 0 Å². The Bertz CT molecular complexity index is 730. The molecule has 0 bridgehead atoms. The van der Waals surface area contributed by atoms with E-state index in [2.05, 4.69) is 5.32 Å². The van der Waals surface area contributed by atoms with Crippen molar-refractivity contribution in [2.45, 2.75) is 38.0 Å². The molecule has 0 unspecified atom stereocenters. The van der Waals surface area contributed by atoms with Crippen LogP contribution in [0.1, 0.15) is 36.8 Å². The molecule has 2 aliphatic rings. The summed E-state index contributed by atoms with van der Waals surface area (Å²) >= 11 is 0. The minimum atomic E-state index is -4.98. The second kappa shape index (κ2) is 7.29. The van der Waals surface area contributed by atoms with E-state index in [9.17, 15) is 35.9 Å². The zero-order chi connectivity index (χ0) is 20.7. The normalized spacial score (nSPS) is 18.9. The molecule has 1 saturated heterocycles. The number of amides is 2. The second-order valence-corrected chi connectivity index (χ2v) is 7.16. The van der Waals surface area contributed by atoms with Crippen LogP contribution in [0, 0.1) is 11.8 Å². The maximum absolute atomic E-state index is 12.9. The van der Waals surface area contributed by atoms with E-state index in [4.69, 9.17) is 0 Å². The van der Waals surface area contributed by atoms with Crippen LogP contribution in [-0.2, 0) is 21.9 Å². The van der Waals surface area contributed by atoms with Gasteiger partial charge in [-0.1, -0.05) is 0 Å². The number of alkyl halides is 6. The van der Waals surface area contributed by atoms with Crippen LogP contribution in [0.5, 0.6) is 0 Å². The first-order valence-corrected chi connectivity index (χ1v) is 8.84. The van der Waals surface area contributed by atoms with E-state index in [-0.39, 0.29) is 17.9 Å². The molecule has 0 aromatic heterocycles. The second-order valence-electron chi connectivity index (χ2n) is 7.16. The fourth-order valence-corrected chi connectivity index (χ4v) is 3.22. The first-order chi connectivity index (χ1) is 12.9. The monoisotopic (exact) mass is 408 g/mol. The van der Waals surface area contributed by atoms with Crippen LogP contribution in [0.4, 0.5) is 32.0 Å². The number of hydrogen-bond donors (Lipinski definition) is 1. The van der Waals surface area contributed by atoms with Crippen molar-refractivity contribution in [3.05, 3.63) is 29.3 Å². The highest BCUT2D eigenvalue weighted by Crippen LogP contribution is 2.38. The van der Waals surface area contributed by atoms with Crippen LogP contribution in [-0.4, -0.2) is 29.8 Å². The van der Waals surface area contributed by atoms with Crippen LogP contribution in [0.25, 0.3) is 0 Å². The molecule has 0 spiro atoms. The van der Waals surface area contributed by atoms with Gasteiger partial charge in [0.05, 0.1) is 11.1 Å². The van der Waals surface area contributed by atoms with Gasteiger partial charge < -0.3 is 10.2 Å². The number of carbonyl (C=O) groups excluding carboxylic acids is 2. The minimum Gasteiger partial charge on any atom is -0.342 e. The van der Waals surface area contributed by atoms with Gasteiger partial charge in [-0.05, 0) is 43.9 Å². The van der Waals surface area contributed by atoms with Crippen LogP contribution < -0.4 is 5.32 Å². The summed E-state index contributed by atoms with van der Waals surface area (Å²) in [5.41, 5.74) is -3.52. The zero-order valence-electron chi connectivity index (χ0n) is 14.7. The fraction of sp³-hybridized carbons (Fsp3) is 0.556. The van der Waals surface area contributed by atoms with Crippen molar-refractivity contribution in [2.75, 3.05) is 18.4 Å². The molecule has 1 aromatic carbocycles. The van der Waals surface area contributed by atoms with E-state index in [1.54, 1.807) is 4.90 Å². The summed E-state index contributed by atoms with van der Waals surface area (Å²) in [5.74, 6) is -1.12. The predicted molar refractivity (Wildman–Crippen MR) is 87.1 cm³/mol. The Hall–Kier alpha value is -2.26. The largest absolute Gasteiger partial charge is 0.416 e. The number of piperidine rings is 1. The Morgan fingerprint density at radius 3 is 1.75 bits per heavy atom. The Labute approximate surface area is 156 Å². The molecule has 4 nitrogen and oxygen atoms in total. The summed E-state index contributed by atoms with van der Waals surface area (Å²) < 4.78 is 77.4. The lowest BCUT2D eigenvalue weighted by atomic mass is 9.95. The maximum atomic E-state index is 12.9. The van der Waals surface area contributed by atoms with Gasteiger partial charge in [0.2, 0.25) is 11.8 Å². The Morgan fingerprint density at radius 2 is 1.32 bits per heavy atom. The highest BCUT2D eigenvalue weighted by atomic mass is 19.4. The lowest BCUT2D eigenvalue weighted by molar-refractivity contribution is -0.143. The van der Waals surface area contributed by atoms with Crippen LogP contribution in [0.3, 0.4) is 0 Å². The van der Waals surface area contributed by atoms with Crippen molar-refractivity contribution >= 4 is 17.5 Å². The van der Waals surface area contributed by atoms with E-state index >= 15 is 0 Å². The standard InChI is InChI=1S/C18H18F6N2O2/c19-17(20,21)12-7-13(18(22,23)24)9-14(8-12)25-15(27)10-3-5-26(6-4-10)16(28)11-1-2-11/h7-11H,1-6H2,(H,25,27). The van der Waals surface area contributed by atoms with E-state index in [1.165, 1.54) is 0 Å². The molecule has 1 aromatic rings. The summed E-state index contributed by atoms with van der Waals surface area (Å²) in [4.78, 5) is 26.0. The van der Waals surface area contributed by atoms with Gasteiger partial charge in [-0.25, -0.2) is 0 Å². The molecule has 28 heavy (non-hydrogen) atoms. The molecule has 10 heteroatoms. The van der Waals surface area contributed by atoms with Gasteiger partial charge in [0.15, 0.2) is 0 Å². The number of benzene rings is 1. The van der Waals surface area contributed by atoms with Crippen molar-refractivity contribution in [1.82, 2.24) is 4.90 Å². The fourth-order valence-electron chi connectivity index (χ4n) is 3.22. The molecule has 1 saturated carbocycles. The summed E-state index contributed by atoms with van der Waals surface area (Å²) in [6, 6.07) is 0.982. The predicted octanol–water partition coefficient (Wildman–Crippen LogP) is 4.31. The Morgan fingerprint density at radius 1 is 0.821 bits per heavy atom. The first kappa shape index (κ1) is 20.5. The van der Waals surface area contributed by atoms with E-state index in [0.29, 0.717) is 38.1 Å². The van der Waals surface area contributed by atoms with Crippen molar-refractivity contribution in [3.8, 4) is 0 Å². The quantitative estimate of drug-likeness (QED) is 0.758. The SMILES string of the molecule is O=C(Nc1cc(C(F)(F)F)cc(C(F)(F)F)c1)C1CCN(C(=O)C2CC2)CC1. The maximum Gasteiger partial charge on any atom is 0.416 e. The van der Waals surface area contributed by atoms with E-state index < -0.39 is 41.0 Å². The molecule has 1 N–H and O–H groups in total. The summed E-state index contributed by atoms with van der Waals surface area (Å²) in [5, 5.41) is 2.17. The van der Waals surface area contributed by atoms with Gasteiger partial charge in [-0.15, -0.1) is 0 Å². The molecular weight excluding hydrogens is 390 g/mol. The van der Waals surface area contributed by atoms with Gasteiger partial charge in [-0.3, -0.25) is 9.59 Å². The lowest BCUT2D eigenvalue weighted by Gasteiger charge is -2.31. The number of halogens is 6. The minimum absolute atomic E-state index is 0.0115. The molecular formula is C18H18F6N2O2. The molecule has 154 valence electrons. The molecule has 1 aliphatic carbocycles. The molecule has 2 amide bonds. The van der Waals surface area contributed by atoms with Crippen LogP contribution >= 0.6 is 0 Å². The van der Waals surface area contributed by atoms with E-state index in [1.807, 2.05) is 0 Å². The smallest absolute Gasteiger partial charge is 0.342 e. The Balaban J connectivity index is 1.69. The highest BCUT2D eigenvalue weighted by Gasteiger charge is 2.38. The average molecular weight is 408 g/mol. The molecule has 2 fully saturated rings. The van der Waals surface area contributed by atoms with Gasteiger partial charge in [0.1, 0.15) is 0 Å². The third-order valence-corrected chi connectivity index (χ3v) is 4.96. The third-order valence-electron chi connectivity index (χ3n) is 4.96. The van der Waals surface area contributed by atoms with Crippen molar-refractivity contribution in [3.63, 3.8) is 0 Å². The lowest BCUT2D eigenvalue weighted by Crippen LogP contribution is -2.42.